The molecule has 1 aromatic carbocycles. The molecule has 6 heteroatoms. The van der Waals surface area contributed by atoms with Crippen LogP contribution < -0.4 is 5.73 Å². The van der Waals surface area contributed by atoms with Crippen molar-refractivity contribution >= 4 is 23.9 Å². The first-order chi connectivity index (χ1) is 9.22. The maximum Gasteiger partial charge on any atom is 0.254 e. The highest BCUT2D eigenvalue weighted by Gasteiger charge is 2.03. The van der Waals surface area contributed by atoms with E-state index in [0.717, 1.165) is 11.3 Å². The van der Waals surface area contributed by atoms with Crippen molar-refractivity contribution in [3.63, 3.8) is 0 Å². The largest absolute Gasteiger partial charge is 0.366 e. The van der Waals surface area contributed by atoms with Crippen molar-refractivity contribution in [3.05, 3.63) is 53.6 Å². The van der Waals surface area contributed by atoms with Gasteiger partial charge in [0.25, 0.3) is 5.78 Å². The molecule has 0 aliphatic carbocycles. The van der Waals surface area contributed by atoms with E-state index in [1.807, 2.05) is 12.2 Å². The van der Waals surface area contributed by atoms with E-state index in [1.54, 1.807) is 28.9 Å². The van der Waals surface area contributed by atoms with Crippen molar-refractivity contribution in [3.8, 4) is 0 Å². The fourth-order valence-corrected chi connectivity index (χ4v) is 1.71. The molecule has 0 aliphatic rings. The molecule has 0 radical (unpaired) electrons. The SMILES string of the molecule is Nc1nc2nccc(/C=C/c3ccc(F)cc3)n2n1. The van der Waals surface area contributed by atoms with Crippen LogP contribution in [0.1, 0.15) is 11.3 Å². The van der Waals surface area contributed by atoms with E-state index in [1.165, 1.54) is 12.1 Å². The molecule has 0 saturated heterocycles. The minimum Gasteiger partial charge on any atom is -0.366 e. The third kappa shape index (κ3) is 2.28. The highest BCUT2D eigenvalue weighted by Crippen LogP contribution is 2.10. The smallest absolute Gasteiger partial charge is 0.254 e. The number of fused-ring (bicyclic) bond motifs is 1. The van der Waals surface area contributed by atoms with Crippen LogP contribution in [0.15, 0.2) is 36.5 Å². The monoisotopic (exact) mass is 255 g/mol. The topological polar surface area (TPSA) is 69.1 Å². The lowest BCUT2D eigenvalue weighted by molar-refractivity contribution is 0.628. The molecule has 0 fully saturated rings. The fourth-order valence-electron chi connectivity index (χ4n) is 1.71. The van der Waals surface area contributed by atoms with Crippen molar-refractivity contribution < 1.29 is 4.39 Å². The minimum atomic E-state index is -0.257. The number of nitrogens with zero attached hydrogens (tertiary/aromatic N) is 4. The lowest BCUT2D eigenvalue weighted by Crippen LogP contribution is -1.95. The van der Waals surface area contributed by atoms with E-state index >= 15 is 0 Å². The summed E-state index contributed by atoms with van der Waals surface area (Å²) in [5, 5.41) is 4.05. The normalized spacial score (nSPS) is 11.4. The van der Waals surface area contributed by atoms with Gasteiger partial charge in [0.1, 0.15) is 5.82 Å². The zero-order valence-corrected chi connectivity index (χ0v) is 9.86. The molecule has 2 aromatic heterocycles. The van der Waals surface area contributed by atoms with Crippen LogP contribution in [0.3, 0.4) is 0 Å². The Kier molecular flexibility index (Phi) is 2.68. The van der Waals surface area contributed by atoms with Gasteiger partial charge < -0.3 is 5.73 Å². The summed E-state index contributed by atoms with van der Waals surface area (Å²) in [6.45, 7) is 0. The van der Waals surface area contributed by atoms with Gasteiger partial charge in [-0.2, -0.15) is 9.50 Å². The van der Waals surface area contributed by atoms with Gasteiger partial charge in [-0.3, -0.25) is 0 Å². The first kappa shape index (κ1) is 11.3. The van der Waals surface area contributed by atoms with Crippen LogP contribution in [-0.2, 0) is 0 Å². The number of hydrogen-bond donors (Lipinski definition) is 1. The molecule has 19 heavy (non-hydrogen) atoms. The maximum atomic E-state index is 12.8. The van der Waals surface area contributed by atoms with E-state index in [2.05, 4.69) is 15.1 Å². The second kappa shape index (κ2) is 4.49. The van der Waals surface area contributed by atoms with Gasteiger partial charge in [0, 0.05) is 6.20 Å². The maximum absolute atomic E-state index is 12.8. The molecule has 0 saturated carbocycles. The second-order valence-corrected chi connectivity index (χ2v) is 3.94. The molecular formula is C13H10FN5. The second-order valence-electron chi connectivity index (χ2n) is 3.94. The van der Waals surface area contributed by atoms with Crippen LogP contribution in [0.5, 0.6) is 0 Å². The predicted molar refractivity (Wildman–Crippen MR) is 70.5 cm³/mol. The molecule has 2 N–H and O–H groups in total. The Morgan fingerprint density at radius 3 is 2.68 bits per heavy atom. The van der Waals surface area contributed by atoms with Crippen LogP contribution in [-0.4, -0.2) is 19.6 Å². The summed E-state index contributed by atoms with van der Waals surface area (Å²) in [5.74, 6) is 0.362. The molecular weight excluding hydrogens is 245 g/mol. The number of nitrogens with two attached hydrogens (primary N) is 1. The van der Waals surface area contributed by atoms with Gasteiger partial charge in [0.15, 0.2) is 0 Å². The molecule has 0 spiro atoms. The average Bonchev–Trinajstić information content (AvgIpc) is 2.79. The van der Waals surface area contributed by atoms with E-state index in [0.29, 0.717) is 5.78 Å². The molecule has 0 aliphatic heterocycles. The summed E-state index contributed by atoms with van der Waals surface area (Å²) in [7, 11) is 0. The van der Waals surface area contributed by atoms with E-state index < -0.39 is 0 Å². The van der Waals surface area contributed by atoms with Gasteiger partial charge in [0.2, 0.25) is 5.95 Å². The van der Waals surface area contributed by atoms with Crippen LogP contribution in [0.2, 0.25) is 0 Å². The van der Waals surface area contributed by atoms with Gasteiger partial charge in [-0.1, -0.05) is 18.2 Å². The van der Waals surface area contributed by atoms with Gasteiger partial charge in [-0.25, -0.2) is 9.37 Å². The number of aromatic nitrogens is 4. The quantitative estimate of drug-likeness (QED) is 0.760. The molecule has 0 atom stereocenters. The lowest BCUT2D eigenvalue weighted by Gasteiger charge is -1.97. The Hall–Kier alpha value is -2.76. The lowest BCUT2D eigenvalue weighted by atomic mass is 10.2. The number of benzene rings is 1. The van der Waals surface area contributed by atoms with Gasteiger partial charge >= 0.3 is 0 Å². The Morgan fingerprint density at radius 1 is 1.11 bits per heavy atom. The van der Waals surface area contributed by atoms with Crippen molar-refractivity contribution in [2.24, 2.45) is 0 Å². The zero-order valence-electron chi connectivity index (χ0n) is 9.86. The minimum absolute atomic E-state index is 0.176. The van der Waals surface area contributed by atoms with E-state index in [9.17, 15) is 4.39 Å². The van der Waals surface area contributed by atoms with Crippen LogP contribution >= 0.6 is 0 Å². The zero-order chi connectivity index (χ0) is 13.2. The number of rotatable bonds is 2. The molecule has 2 heterocycles. The summed E-state index contributed by atoms with van der Waals surface area (Å²) < 4.78 is 14.3. The molecule has 94 valence electrons. The Morgan fingerprint density at radius 2 is 1.89 bits per heavy atom. The third-order valence-electron chi connectivity index (χ3n) is 2.60. The van der Waals surface area contributed by atoms with Crippen molar-refractivity contribution in [1.29, 1.82) is 0 Å². The molecule has 0 amide bonds. The summed E-state index contributed by atoms with van der Waals surface area (Å²) in [4.78, 5) is 8.03. The summed E-state index contributed by atoms with van der Waals surface area (Å²) in [6, 6.07) is 8.01. The molecule has 3 aromatic rings. The molecule has 3 rings (SSSR count). The summed E-state index contributed by atoms with van der Waals surface area (Å²) in [5.41, 5.74) is 7.21. The number of hydrogen-bond acceptors (Lipinski definition) is 4. The van der Waals surface area contributed by atoms with Gasteiger partial charge in [-0.15, -0.1) is 5.10 Å². The van der Waals surface area contributed by atoms with Gasteiger partial charge in [0.05, 0.1) is 5.69 Å². The fraction of sp³-hybridized carbons (Fsp3) is 0. The number of nitrogen functional groups attached to an aromatic ring is 1. The first-order valence-electron chi connectivity index (χ1n) is 5.63. The number of halogens is 1. The van der Waals surface area contributed by atoms with Crippen molar-refractivity contribution in [2.45, 2.75) is 0 Å². The van der Waals surface area contributed by atoms with Gasteiger partial charge in [-0.05, 0) is 29.8 Å². The first-order valence-corrected chi connectivity index (χ1v) is 5.63. The molecule has 0 bridgehead atoms. The highest BCUT2D eigenvalue weighted by molar-refractivity contribution is 5.68. The van der Waals surface area contributed by atoms with Crippen molar-refractivity contribution in [1.82, 2.24) is 19.6 Å². The highest BCUT2D eigenvalue weighted by atomic mass is 19.1. The van der Waals surface area contributed by atoms with Crippen LogP contribution in [0, 0.1) is 5.82 Å². The standard InChI is InChI=1S/C13H10FN5/c14-10-4-1-9(2-5-10)3-6-11-7-8-16-13-17-12(15)18-19(11)13/h1-8H,(H2,15,18)/b6-3+. The third-order valence-corrected chi connectivity index (χ3v) is 2.60. The number of anilines is 1. The summed E-state index contributed by atoms with van der Waals surface area (Å²) >= 11 is 0. The van der Waals surface area contributed by atoms with E-state index in [4.69, 9.17) is 5.73 Å². The summed E-state index contributed by atoms with van der Waals surface area (Å²) in [6.07, 6.45) is 5.33. The van der Waals surface area contributed by atoms with Crippen molar-refractivity contribution in [2.75, 3.05) is 5.73 Å². The average molecular weight is 255 g/mol. The van der Waals surface area contributed by atoms with E-state index in [-0.39, 0.29) is 11.8 Å². The van der Waals surface area contributed by atoms with Crippen LogP contribution in [0.25, 0.3) is 17.9 Å². The predicted octanol–water partition coefficient (Wildman–Crippen LogP) is 2.02. The molecule has 0 unspecified atom stereocenters. The Balaban J connectivity index is 1.98. The Labute approximate surface area is 108 Å². The van der Waals surface area contributed by atoms with Crippen LogP contribution in [0.4, 0.5) is 10.3 Å². The molecule has 5 nitrogen and oxygen atoms in total. The Bertz CT molecular complexity index is 745.